The van der Waals surface area contributed by atoms with Crippen molar-refractivity contribution in [1.29, 1.82) is 0 Å². The van der Waals surface area contributed by atoms with Crippen molar-refractivity contribution in [3.05, 3.63) is 90.6 Å². The van der Waals surface area contributed by atoms with Gasteiger partial charge in [-0.25, -0.2) is 9.79 Å². The number of aromatic nitrogens is 1. The second kappa shape index (κ2) is 12.7. The molecule has 38 heavy (non-hydrogen) atoms. The van der Waals surface area contributed by atoms with Gasteiger partial charge in [-0.1, -0.05) is 55.0 Å². The molecule has 0 bridgehead atoms. The first-order valence-electron chi connectivity index (χ1n) is 12.5. The van der Waals surface area contributed by atoms with Crippen LogP contribution in [0, 0.1) is 0 Å². The van der Waals surface area contributed by atoms with Gasteiger partial charge in [-0.2, -0.15) is 0 Å². The Morgan fingerprint density at radius 1 is 1.08 bits per heavy atom. The highest BCUT2D eigenvalue weighted by Crippen LogP contribution is 2.35. The first-order chi connectivity index (χ1) is 18.5. The lowest BCUT2D eigenvalue weighted by Crippen LogP contribution is -2.40. The zero-order chi connectivity index (χ0) is 27.1. The summed E-state index contributed by atoms with van der Waals surface area (Å²) in [5.74, 6) is 0.801. The third kappa shape index (κ3) is 5.89. The van der Waals surface area contributed by atoms with E-state index in [9.17, 15) is 9.59 Å². The fourth-order valence-electron chi connectivity index (χ4n) is 4.21. The SMILES string of the molecule is CCCCOc1ccc(C=c2sc3n(c2=O)C(c2ccccc2OC)C(C(=O)OCCOC)=C(C)N=3)cc1. The number of fused-ring (bicyclic) bond motifs is 1. The lowest BCUT2D eigenvalue weighted by Gasteiger charge is -2.26. The van der Waals surface area contributed by atoms with Gasteiger partial charge >= 0.3 is 5.97 Å². The van der Waals surface area contributed by atoms with Crippen molar-refractivity contribution < 1.29 is 23.7 Å². The van der Waals surface area contributed by atoms with E-state index in [4.69, 9.17) is 18.9 Å². The van der Waals surface area contributed by atoms with Crippen molar-refractivity contribution in [2.75, 3.05) is 34.0 Å². The number of benzene rings is 2. The molecule has 1 atom stereocenters. The fraction of sp³-hybridized carbons (Fsp3) is 0.345. The maximum absolute atomic E-state index is 13.8. The van der Waals surface area contributed by atoms with Gasteiger partial charge in [0.2, 0.25) is 0 Å². The highest BCUT2D eigenvalue weighted by Gasteiger charge is 2.35. The molecular formula is C29H32N2O6S. The number of hydrogen-bond acceptors (Lipinski definition) is 8. The normalized spacial score (nSPS) is 15.2. The third-order valence-corrected chi connectivity index (χ3v) is 7.12. The Bertz CT molecular complexity index is 1490. The Hall–Kier alpha value is -3.69. The molecule has 1 aliphatic rings. The number of methoxy groups -OCH3 is 2. The standard InChI is InChI=1S/C29H32N2O6S/c1-5-6-15-36-21-13-11-20(12-14-21)18-24-27(32)31-26(22-9-7-8-10-23(22)35-4)25(19(2)30-29(31)38-24)28(33)37-17-16-34-3/h7-14,18,26H,5-6,15-17H2,1-4H3. The van der Waals surface area contributed by atoms with Crippen LogP contribution in [0.1, 0.15) is 43.9 Å². The van der Waals surface area contributed by atoms with Gasteiger partial charge in [-0.05, 0) is 43.2 Å². The van der Waals surface area contributed by atoms with E-state index in [1.165, 1.54) is 18.4 Å². The van der Waals surface area contributed by atoms with Crippen LogP contribution in [0.5, 0.6) is 11.5 Å². The van der Waals surface area contributed by atoms with E-state index in [-0.39, 0.29) is 24.3 Å². The molecule has 0 saturated heterocycles. The smallest absolute Gasteiger partial charge is 0.338 e. The molecule has 4 rings (SSSR count). The number of rotatable bonds is 11. The molecule has 0 spiro atoms. The van der Waals surface area contributed by atoms with Crippen molar-refractivity contribution in [1.82, 2.24) is 4.57 Å². The molecule has 200 valence electrons. The Morgan fingerprint density at radius 2 is 1.84 bits per heavy atom. The Kier molecular flexibility index (Phi) is 9.15. The monoisotopic (exact) mass is 536 g/mol. The molecule has 2 heterocycles. The number of allylic oxidation sites excluding steroid dienone is 1. The van der Waals surface area contributed by atoms with E-state index in [1.807, 2.05) is 48.5 Å². The summed E-state index contributed by atoms with van der Waals surface area (Å²) < 4.78 is 23.9. The van der Waals surface area contributed by atoms with Gasteiger partial charge in [0.05, 0.1) is 36.1 Å². The Balaban J connectivity index is 1.79. The Labute approximate surface area is 225 Å². The largest absolute Gasteiger partial charge is 0.496 e. The van der Waals surface area contributed by atoms with Gasteiger partial charge in [-0.15, -0.1) is 0 Å². The lowest BCUT2D eigenvalue weighted by atomic mass is 9.95. The first kappa shape index (κ1) is 27.3. The predicted molar refractivity (Wildman–Crippen MR) is 146 cm³/mol. The van der Waals surface area contributed by atoms with Crippen LogP contribution in [0.2, 0.25) is 0 Å². The molecule has 0 radical (unpaired) electrons. The van der Waals surface area contributed by atoms with Gasteiger partial charge in [0.25, 0.3) is 5.56 Å². The van der Waals surface area contributed by atoms with Gasteiger partial charge in [0.1, 0.15) is 24.1 Å². The maximum Gasteiger partial charge on any atom is 0.338 e. The number of carbonyl (C=O) groups excluding carboxylic acids is 1. The molecule has 2 aromatic carbocycles. The van der Waals surface area contributed by atoms with E-state index >= 15 is 0 Å². The summed E-state index contributed by atoms with van der Waals surface area (Å²) in [4.78, 5) is 32.2. The molecule has 9 heteroatoms. The number of esters is 1. The van der Waals surface area contributed by atoms with Crippen molar-refractivity contribution in [2.45, 2.75) is 32.7 Å². The van der Waals surface area contributed by atoms with Crippen LogP contribution in [-0.2, 0) is 14.3 Å². The quantitative estimate of drug-likeness (QED) is 0.275. The minimum atomic E-state index is -0.756. The fourth-order valence-corrected chi connectivity index (χ4v) is 5.26. The molecule has 0 aliphatic carbocycles. The average Bonchev–Trinajstić information content (AvgIpc) is 3.23. The number of unbranched alkanes of at least 4 members (excludes halogenated alkanes) is 1. The van der Waals surface area contributed by atoms with Gasteiger partial charge in [-0.3, -0.25) is 9.36 Å². The molecule has 0 amide bonds. The van der Waals surface area contributed by atoms with Crippen LogP contribution in [0.4, 0.5) is 0 Å². The summed E-state index contributed by atoms with van der Waals surface area (Å²) in [6, 6.07) is 14.2. The van der Waals surface area contributed by atoms with E-state index in [2.05, 4.69) is 11.9 Å². The number of para-hydroxylation sites is 1. The van der Waals surface area contributed by atoms with Crippen molar-refractivity contribution in [3.8, 4) is 11.5 Å². The summed E-state index contributed by atoms with van der Waals surface area (Å²) in [6.45, 7) is 4.90. The summed E-state index contributed by atoms with van der Waals surface area (Å²) >= 11 is 1.28. The predicted octanol–water partition coefficient (Wildman–Crippen LogP) is 3.61. The minimum absolute atomic E-state index is 0.0906. The number of hydrogen-bond donors (Lipinski definition) is 0. The molecule has 1 aromatic heterocycles. The molecule has 0 saturated carbocycles. The second-order valence-electron chi connectivity index (χ2n) is 8.72. The van der Waals surface area contributed by atoms with E-state index in [1.54, 1.807) is 24.7 Å². The summed E-state index contributed by atoms with van der Waals surface area (Å²) in [5, 5.41) is 0. The van der Waals surface area contributed by atoms with Crippen LogP contribution in [-0.4, -0.2) is 44.6 Å². The first-order valence-corrected chi connectivity index (χ1v) is 13.3. The molecule has 0 N–H and O–H groups in total. The van der Waals surface area contributed by atoms with Crippen LogP contribution >= 0.6 is 11.3 Å². The lowest BCUT2D eigenvalue weighted by molar-refractivity contribution is -0.140. The number of thiazole rings is 1. The van der Waals surface area contributed by atoms with Crippen LogP contribution < -0.4 is 24.4 Å². The highest BCUT2D eigenvalue weighted by atomic mass is 32.1. The molecule has 3 aromatic rings. The van der Waals surface area contributed by atoms with Gasteiger partial charge in [0, 0.05) is 12.7 Å². The van der Waals surface area contributed by atoms with E-state index < -0.39 is 12.0 Å². The van der Waals surface area contributed by atoms with Crippen molar-refractivity contribution >= 4 is 23.4 Å². The topological polar surface area (TPSA) is 88.4 Å². The van der Waals surface area contributed by atoms with E-state index in [0.717, 1.165) is 24.2 Å². The highest BCUT2D eigenvalue weighted by molar-refractivity contribution is 7.07. The maximum atomic E-state index is 13.8. The molecule has 1 aliphatic heterocycles. The summed E-state index contributed by atoms with van der Waals surface area (Å²) in [7, 11) is 3.10. The van der Waals surface area contributed by atoms with Crippen LogP contribution in [0.15, 0.2) is 69.6 Å². The molecule has 1 unspecified atom stereocenters. The number of carbonyl (C=O) groups is 1. The van der Waals surface area contributed by atoms with Gasteiger partial charge in [0.15, 0.2) is 4.80 Å². The molecule has 0 fully saturated rings. The third-order valence-electron chi connectivity index (χ3n) is 6.14. The van der Waals surface area contributed by atoms with Crippen molar-refractivity contribution in [3.63, 3.8) is 0 Å². The zero-order valence-electron chi connectivity index (χ0n) is 22.1. The number of nitrogens with zero attached hydrogens (tertiary/aromatic N) is 2. The Morgan fingerprint density at radius 3 is 2.55 bits per heavy atom. The minimum Gasteiger partial charge on any atom is -0.496 e. The summed E-state index contributed by atoms with van der Waals surface area (Å²) in [6.07, 6.45) is 3.90. The zero-order valence-corrected chi connectivity index (χ0v) is 22.9. The summed E-state index contributed by atoms with van der Waals surface area (Å²) in [5.41, 5.74) is 2.07. The number of ether oxygens (including phenoxy) is 4. The molecular weight excluding hydrogens is 504 g/mol. The van der Waals surface area contributed by atoms with Crippen molar-refractivity contribution in [2.24, 2.45) is 4.99 Å². The van der Waals surface area contributed by atoms with Crippen LogP contribution in [0.25, 0.3) is 6.08 Å². The van der Waals surface area contributed by atoms with Crippen LogP contribution in [0.3, 0.4) is 0 Å². The molecule has 8 nitrogen and oxygen atoms in total. The average molecular weight is 537 g/mol. The van der Waals surface area contributed by atoms with E-state index in [0.29, 0.717) is 33.0 Å². The second-order valence-corrected chi connectivity index (χ2v) is 9.73. The van der Waals surface area contributed by atoms with Gasteiger partial charge < -0.3 is 18.9 Å².